The first kappa shape index (κ1) is 20.0. The second-order valence-corrected chi connectivity index (χ2v) is 5.34. The molecular formula is C22H22NO4+. The topological polar surface area (TPSA) is 69.9 Å². The second-order valence-electron chi connectivity index (χ2n) is 5.34. The number of aliphatic hydroxyl groups is 1. The minimum absolute atomic E-state index is 0.0128. The quantitative estimate of drug-likeness (QED) is 0.231. The molecule has 0 radical (unpaired) electrons. The van der Waals surface area contributed by atoms with Gasteiger partial charge in [0.1, 0.15) is 5.56 Å². The molecule has 0 bridgehead atoms. The molecule has 0 aliphatic heterocycles. The monoisotopic (exact) mass is 364 g/mol. The fourth-order valence-electron chi connectivity index (χ4n) is 2.25. The highest BCUT2D eigenvalue weighted by molar-refractivity contribution is 5.94. The summed E-state index contributed by atoms with van der Waals surface area (Å²) in [7, 11) is 0. The van der Waals surface area contributed by atoms with Crippen LogP contribution in [0.15, 0.2) is 77.9 Å². The lowest BCUT2D eigenvalue weighted by atomic mass is 9.98. The molecule has 27 heavy (non-hydrogen) atoms. The Bertz CT molecular complexity index is 780. The normalized spacial score (nSPS) is 9.70. The Morgan fingerprint density at radius 3 is 2.22 bits per heavy atom. The molecule has 0 heterocycles. The summed E-state index contributed by atoms with van der Waals surface area (Å²) in [5.41, 5.74) is 4.12. The van der Waals surface area contributed by atoms with Crippen LogP contribution >= 0.6 is 0 Å². The van der Waals surface area contributed by atoms with Crippen LogP contribution in [-0.2, 0) is 14.3 Å². The van der Waals surface area contributed by atoms with Crippen molar-refractivity contribution >= 4 is 5.97 Å². The summed E-state index contributed by atoms with van der Waals surface area (Å²) in [4.78, 5) is 12.5. The van der Waals surface area contributed by atoms with Crippen LogP contribution in [0.2, 0.25) is 0 Å². The highest BCUT2D eigenvalue weighted by Crippen LogP contribution is 2.31. The van der Waals surface area contributed by atoms with Crippen LogP contribution in [0.25, 0.3) is 5.32 Å². The van der Waals surface area contributed by atoms with E-state index in [1.807, 2.05) is 60.7 Å². The largest absolute Gasteiger partial charge is 0.508 e. The Morgan fingerprint density at radius 2 is 1.63 bits per heavy atom. The van der Waals surface area contributed by atoms with Crippen LogP contribution < -0.4 is 0 Å². The number of benzene rings is 2. The Balaban J connectivity index is 2.43. The van der Waals surface area contributed by atoms with Crippen molar-refractivity contribution in [1.82, 2.24) is 0 Å². The maximum atomic E-state index is 12.5. The van der Waals surface area contributed by atoms with Crippen LogP contribution in [0.1, 0.15) is 25.0 Å². The molecule has 1 N–H and O–H groups in total. The van der Waals surface area contributed by atoms with E-state index in [-0.39, 0.29) is 18.8 Å². The lowest BCUT2D eigenvalue weighted by Crippen LogP contribution is -2.15. The molecule has 2 aromatic rings. The number of nitrogens with zero attached hydrogens (tertiary/aromatic N) is 1. The van der Waals surface area contributed by atoms with Crippen molar-refractivity contribution in [2.45, 2.75) is 13.8 Å². The lowest BCUT2D eigenvalue weighted by Gasteiger charge is -2.23. The van der Waals surface area contributed by atoms with Crippen molar-refractivity contribution in [2.75, 3.05) is 13.2 Å². The third kappa shape index (κ3) is 6.19. The maximum absolute atomic E-state index is 12.5. The summed E-state index contributed by atoms with van der Waals surface area (Å²) in [6.45, 7) is 5.49. The van der Waals surface area contributed by atoms with Gasteiger partial charge in [0, 0.05) is 24.3 Å². The van der Waals surface area contributed by atoms with E-state index in [4.69, 9.17) is 9.47 Å². The van der Waals surface area contributed by atoms with Gasteiger partial charge in [-0.25, -0.2) is 0 Å². The molecule has 5 heteroatoms. The van der Waals surface area contributed by atoms with Gasteiger partial charge in [0.25, 0.3) is 0 Å². The molecule has 0 unspecified atom stereocenters. The molecule has 0 aliphatic rings. The van der Waals surface area contributed by atoms with Crippen molar-refractivity contribution in [3.8, 4) is 0 Å². The average molecular weight is 364 g/mol. The Kier molecular flexibility index (Phi) is 7.92. The molecule has 0 aliphatic carbocycles. The zero-order chi connectivity index (χ0) is 19.5. The lowest BCUT2D eigenvalue weighted by molar-refractivity contribution is -0.138. The van der Waals surface area contributed by atoms with Gasteiger partial charge in [0.2, 0.25) is 0 Å². The van der Waals surface area contributed by atoms with E-state index in [0.29, 0.717) is 11.6 Å². The summed E-state index contributed by atoms with van der Waals surface area (Å²) in [5.74, 6) is -1.14. The molecular weight excluding hydrogens is 342 g/mol. The summed E-state index contributed by atoms with van der Waals surface area (Å²) in [5, 5.41) is 14.4. The van der Waals surface area contributed by atoms with Gasteiger partial charge in [-0.3, -0.25) is 0 Å². The van der Waals surface area contributed by atoms with Crippen molar-refractivity contribution < 1.29 is 19.4 Å². The van der Waals surface area contributed by atoms with Crippen LogP contribution in [0.3, 0.4) is 0 Å². The molecule has 0 saturated heterocycles. The molecule has 2 aromatic carbocycles. The predicted molar refractivity (Wildman–Crippen MR) is 103 cm³/mol. The van der Waals surface area contributed by atoms with Gasteiger partial charge in [-0.1, -0.05) is 6.54 Å². The van der Waals surface area contributed by atoms with Crippen LogP contribution in [-0.4, -0.2) is 24.3 Å². The SMILES string of the molecule is CCOC(=O)C(=C=C(O)OCC)[C+]([N-][CH+]c1ccccc1)c1ccccc1. The van der Waals surface area contributed by atoms with Crippen molar-refractivity contribution in [3.05, 3.63) is 107 Å². The van der Waals surface area contributed by atoms with E-state index in [1.54, 1.807) is 20.4 Å². The van der Waals surface area contributed by atoms with E-state index < -0.39 is 11.9 Å². The molecule has 2 rings (SSSR count). The van der Waals surface area contributed by atoms with E-state index in [1.165, 1.54) is 0 Å². The predicted octanol–water partition coefficient (Wildman–Crippen LogP) is 4.67. The standard InChI is InChI=1S/C22H21NO4/c1-3-26-20(24)15-19(22(25)27-4-2)21(18-13-9-6-10-14-18)23-16-17-11-7-5-8-12-17/h5-14,16H,3-4H2,1-2H3/p+1. The van der Waals surface area contributed by atoms with Gasteiger partial charge in [-0.15, -0.1) is 0 Å². The van der Waals surface area contributed by atoms with E-state index >= 15 is 0 Å². The smallest absolute Gasteiger partial charge is 0.413 e. The molecule has 0 fully saturated rings. The number of ether oxygens (including phenoxy) is 2. The van der Waals surface area contributed by atoms with E-state index in [9.17, 15) is 9.90 Å². The third-order valence-corrected chi connectivity index (χ3v) is 3.42. The number of esters is 1. The number of aliphatic hydroxyl groups excluding tert-OH is 1. The number of rotatable bonds is 9. The minimum Gasteiger partial charge on any atom is -0.508 e. The Hall–Kier alpha value is -3.27. The first-order valence-corrected chi connectivity index (χ1v) is 8.67. The molecule has 0 saturated carbocycles. The molecule has 0 aromatic heterocycles. The van der Waals surface area contributed by atoms with E-state index in [0.717, 1.165) is 5.56 Å². The van der Waals surface area contributed by atoms with Crippen LogP contribution in [0.5, 0.6) is 0 Å². The number of hydrogen-bond acceptors (Lipinski definition) is 4. The van der Waals surface area contributed by atoms with Crippen LogP contribution in [0, 0.1) is 12.6 Å². The number of hydrogen-bond donors (Lipinski definition) is 1. The van der Waals surface area contributed by atoms with Gasteiger partial charge in [-0.2, -0.15) is 4.79 Å². The first-order chi connectivity index (χ1) is 13.2. The van der Waals surface area contributed by atoms with E-state index in [2.05, 4.69) is 11.0 Å². The first-order valence-electron chi connectivity index (χ1n) is 8.67. The highest BCUT2D eigenvalue weighted by atomic mass is 16.6. The minimum atomic E-state index is -0.646. The number of carbonyl (C=O) groups excluding carboxylic acids is 1. The molecule has 0 amide bonds. The molecule has 5 nitrogen and oxygen atoms in total. The molecule has 0 atom stereocenters. The van der Waals surface area contributed by atoms with Crippen LogP contribution in [0.4, 0.5) is 0 Å². The van der Waals surface area contributed by atoms with Gasteiger partial charge in [0.05, 0.1) is 24.5 Å². The zero-order valence-electron chi connectivity index (χ0n) is 15.4. The van der Waals surface area contributed by atoms with Gasteiger partial charge in [0.15, 0.2) is 5.57 Å². The Labute approximate surface area is 159 Å². The summed E-state index contributed by atoms with van der Waals surface area (Å²) in [6.07, 6.45) is 0. The second kappa shape index (κ2) is 10.7. The van der Waals surface area contributed by atoms with Crippen molar-refractivity contribution in [1.29, 1.82) is 0 Å². The number of carbonyl (C=O) groups is 1. The fourth-order valence-corrected chi connectivity index (χ4v) is 2.25. The third-order valence-electron chi connectivity index (χ3n) is 3.42. The van der Waals surface area contributed by atoms with Gasteiger partial charge in [-0.05, 0) is 56.3 Å². The van der Waals surface area contributed by atoms with Gasteiger partial charge < -0.3 is 19.9 Å². The fraction of sp³-hybridized carbons (Fsp3) is 0.182. The summed E-state index contributed by atoms with van der Waals surface area (Å²) in [6, 6.07) is 19.0. The molecule has 0 spiro atoms. The average Bonchev–Trinajstić information content (AvgIpc) is 2.69. The van der Waals surface area contributed by atoms with Crippen molar-refractivity contribution in [2.24, 2.45) is 0 Å². The zero-order valence-corrected chi connectivity index (χ0v) is 15.4. The summed E-state index contributed by atoms with van der Waals surface area (Å²) < 4.78 is 10.1. The van der Waals surface area contributed by atoms with Gasteiger partial charge >= 0.3 is 11.9 Å². The highest BCUT2D eigenvalue weighted by Gasteiger charge is 2.26. The maximum Gasteiger partial charge on any atom is 0.413 e. The summed E-state index contributed by atoms with van der Waals surface area (Å²) >= 11 is 0. The molecule has 138 valence electrons. The Morgan fingerprint density at radius 1 is 1.04 bits per heavy atom. The van der Waals surface area contributed by atoms with Crippen molar-refractivity contribution in [3.63, 3.8) is 0 Å².